The summed E-state index contributed by atoms with van der Waals surface area (Å²) in [6.07, 6.45) is 0.704. The third-order valence-electron chi connectivity index (χ3n) is 5.40. The number of hydrogen-bond acceptors (Lipinski definition) is 8. The summed E-state index contributed by atoms with van der Waals surface area (Å²) in [5, 5.41) is 40.0. The van der Waals surface area contributed by atoms with Gasteiger partial charge in [-0.1, -0.05) is 29.5 Å². The molecule has 0 saturated carbocycles. The van der Waals surface area contributed by atoms with Crippen LogP contribution in [0.1, 0.15) is 28.3 Å². The van der Waals surface area contributed by atoms with Crippen molar-refractivity contribution in [2.24, 2.45) is 26.3 Å². The first-order valence-electron chi connectivity index (χ1n) is 10.5. The fraction of sp³-hybridized carbons (Fsp3) is 0.250. The second-order valence-corrected chi connectivity index (χ2v) is 7.87. The van der Waals surface area contributed by atoms with Gasteiger partial charge in [-0.15, -0.1) is 5.11 Å². The molecule has 1 aliphatic rings. The SMILES string of the molecule is Cc1cc(/N=N/c2ccccc2C)c(O)c(C2CN(c3cc(CCN)ccc3O)N=N2)c1. The molecular formula is C24H26N6O2. The van der Waals surface area contributed by atoms with Gasteiger partial charge in [-0.25, -0.2) is 5.01 Å². The lowest BCUT2D eigenvalue weighted by atomic mass is 10.0. The molecule has 1 atom stereocenters. The lowest BCUT2D eigenvalue weighted by molar-refractivity contribution is 0.464. The summed E-state index contributed by atoms with van der Waals surface area (Å²) >= 11 is 0. The van der Waals surface area contributed by atoms with Crippen molar-refractivity contribution < 1.29 is 10.2 Å². The van der Waals surface area contributed by atoms with Gasteiger partial charge in [-0.05, 0) is 73.8 Å². The zero-order valence-corrected chi connectivity index (χ0v) is 18.1. The van der Waals surface area contributed by atoms with Crippen LogP contribution in [0.4, 0.5) is 17.1 Å². The highest BCUT2D eigenvalue weighted by atomic mass is 16.3. The van der Waals surface area contributed by atoms with E-state index in [-0.39, 0.29) is 11.5 Å². The van der Waals surface area contributed by atoms with Gasteiger partial charge in [0.25, 0.3) is 0 Å². The monoisotopic (exact) mass is 430 g/mol. The molecule has 32 heavy (non-hydrogen) atoms. The van der Waals surface area contributed by atoms with Gasteiger partial charge in [0.2, 0.25) is 0 Å². The van der Waals surface area contributed by atoms with E-state index in [1.165, 1.54) is 0 Å². The Balaban J connectivity index is 1.60. The van der Waals surface area contributed by atoms with Crippen molar-refractivity contribution in [2.75, 3.05) is 18.1 Å². The number of azo groups is 1. The summed E-state index contributed by atoms with van der Waals surface area (Å²) in [6.45, 7) is 4.79. The first-order valence-corrected chi connectivity index (χ1v) is 10.5. The molecule has 1 unspecified atom stereocenters. The lowest BCUT2D eigenvalue weighted by Crippen LogP contribution is -2.17. The number of phenolic OH excluding ortho intramolecular Hbond substituents is 2. The molecule has 0 saturated heterocycles. The summed E-state index contributed by atoms with van der Waals surface area (Å²) in [5.74, 6) is 0.145. The van der Waals surface area contributed by atoms with Crippen molar-refractivity contribution in [1.82, 2.24) is 0 Å². The van der Waals surface area contributed by atoms with E-state index in [4.69, 9.17) is 5.73 Å². The van der Waals surface area contributed by atoms with Gasteiger partial charge in [0, 0.05) is 5.56 Å². The molecule has 0 spiro atoms. The standard InChI is InChI=1S/C24H26N6O2/c1-15-11-18(24(32)20(12-15)27-26-19-6-4-3-5-16(19)2)21-14-30(29-28-21)22-13-17(9-10-25)7-8-23(22)31/h3-8,11-13,21,31-32H,9-10,14,25H2,1-2H3/b27-26+. The van der Waals surface area contributed by atoms with Crippen LogP contribution in [0.15, 0.2) is 75.2 Å². The average molecular weight is 431 g/mol. The van der Waals surface area contributed by atoms with E-state index in [2.05, 4.69) is 20.6 Å². The van der Waals surface area contributed by atoms with E-state index >= 15 is 0 Å². The van der Waals surface area contributed by atoms with E-state index in [0.29, 0.717) is 36.4 Å². The fourth-order valence-electron chi connectivity index (χ4n) is 3.67. The van der Waals surface area contributed by atoms with Crippen molar-refractivity contribution in [2.45, 2.75) is 26.3 Å². The number of rotatable bonds is 6. The van der Waals surface area contributed by atoms with Gasteiger partial charge in [-0.3, -0.25) is 0 Å². The maximum absolute atomic E-state index is 10.9. The van der Waals surface area contributed by atoms with Crippen molar-refractivity contribution in [3.63, 3.8) is 0 Å². The van der Waals surface area contributed by atoms with Crippen LogP contribution in [0.5, 0.6) is 11.5 Å². The maximum Gasteiger partial charge on any atom is 0.148 e. The van der Waals surface area contributed by atoms with Crippen LogP contribution in [0.3, 0.4) is 0 Å². The number of anilines is 1. The molecule has 0 aliphatic carbocycles. The maximum atomic E-state index is 10.9. The van der Waals surface area contributed by atoms with Crippen LogP contribution >= 0.6 is 0 Å². The minimum absolute atomic E-state index is 0.0276. The highest BCUT2D eigenvalue weighted by molar-refractivity contribution is 5.62. The smallest absolute Gasteiger partial charge is 0.148 e. The Morgan fingerprint density at radius 3 is 2.59 bits per heavy atom. The number of hydrogen-bond donors (Lipinski definition) is 3. The second-order valence-electron chi connectivity index (χ2n) is 7.87. The van der Waals surface area contributed by atoms with E-state index < -0.39 is 6.04 Å². The van der Waals surface area contributed by atoms with Crippen LogP contribution in [-0.4, -0.2) is 23.3 Å². The van der Waals surface area contributed by atoms with Crippen molar-refractivity contribution in [3.8, 4) is 11.5 Å². The third kappa shape index (κ3) is 4.45. The van der Waals surface area contributed by atoms with Crippen LogP contribution in [0.2, 0.25) is 0 Å². The quantitative estimate of drug-likeness (QED) is 0.443. The van der Waals surface area contributed by atoms with Crippen molar-refractivity contribution >= 4 is 17.1 Å². The van der Waals surface area contributed by atoms with Gasteiger partial charge >= 0.3 is 0 Å². The fourth-order valence-corrected chi connectivity index (χ4v) is 3.67. The molecule has 3 aromatic carbocycles. The molecule has 0 bridgehead atoms. The number of nitrogens with zero attached hydrogens (tertiary/aromatic N) is 5. The molecule has 164 valence electrons. The highest BCUT2D eigenvalue weighted by Crippen LogP contribution is 2.41. The first-order chi connectivity index (χ1) is 15.5. The van der Waals surface area contributed by atoms with Gasteiger partial charge < -0.3 is 15.9 Å². The lowest BCUT2D eigenvalue weighted by Gasteiger charge is -2.17. The van der Waals surface area contributed by atoms with Crippen LogP contribution in [0, 0.1) is 13.8 Å². The van der Waals surface area contributed by atoms with Gasteiger partial charge in [0.05, 0.1) is 12.2 Å². The minimum atomic E-state index is -0.403. The predicted octanol–water partition coefficient (Wildman–Crippen LogP) is 5.56. The van der Waals surface area contributed by atoms with Crippen molar-refractivity contribution in [1.29, 1.82) is 0 Å². The van der Waals surface area contributed by atoms with E-state index in [1.807, 2.05) is 56.3 Å². The summed E-state index contributed by atoms with van der Waals surface area (Å²) < 4.78 is 0. The molecule has 8 heteroatoms. The van der Waals surface area contributed by atoms with Gasteiger partial charge in [0.1, 0.15) is 28.9 Å². The molecule has 8 nitrogen and oxygen atoms in total. The van der Waals surface area contributed by atoms with Crippen LogP contribution < -0.4 is 10.7 Å². The third-order valence-corrected chi connectivity index (χ3v) is 5.40. The molecule has 0 amide bonds. The molecule has 4 N–H and O–H groups in total. The van der Waals surface area contributed by atoms with E-state index in [0.717, 1.165) is 22.4 Å². The minimum Gasteiger partial charge on any atom is -0.506 e. The molecule has 3 aromatic rings. The number of phenols is 2. The largest absolute Gasteiger partial charge is 0.506 e. The summed E-state index contributed by atoms with van der Waals surface area (Å²) in [4.78, 5) is 0. The summed E-state index contributed by atoms with van der Waals surface area (Å²) in [7, 11) is 0. The van der Waals surface area contributed by atoms with Crippen LogP contribution in [-0.2, 0) is 6.42 Å². The Kier molecular flexibility index (Phi) is 6.13. The molecule has 4 rings (SSSR count). The number of aryl methyl sites for hydroxylation is 2. The Hall–Kier alpha value is -3.78. The highest BCUT2D eigenvalue weighted by Gasteiger charge is 2.27. The Bertz CT molecular complexity index is 1190. The summed E-state index contributed by atoms with van der Waals surface area (Å²) in [5.41, 5.74) is 10.9. The topological polar surface area (TPSA) is 119 Å². The van der Waals surface area contributed by atoms with E-state index in [1.54, 1.807) is 17.1 Å². The molecule has 0 aromatic heterocycles. The second kappa shape index (κ2) is 9.15. The molecule has 0 radical (unpaired) electrons. The molecule has 1 aliphatic heterocycles. The molecular weight excluding hydrogens is 404 g/mol. The number of benzene rings is 3. The number of nitrogens with two attached hydrogens (primary N) is 1. The molecule has 1 heterocycles. The Morgan fingerprint density at radius 2 is 1.81 bits per heavy atom. The normalized spacial score (nSPS) is 15.7. The Labute approximate surface area is 186 Å². The predicted molar refractivity (Wildman–Crippen MR) is 124 cm³/mol. The first kappa shape index (κ1) is 21.5. The average Bonchev–Trinajstić information content (AvgIpc) is 3.26. The van der Waals surface area contributed by atoms with Crippen LogP contribution in [0.25, 0.3) is 0 Å². The van der Waals surface area contributed by atoms with E-state index in [9.17, 15) is 10.2 Å². The summed E-state index contributed by atoms with van der Waals surface area (Å²) in [6, 6.07) is 16.3. The zero-order valence-electron chi connectivity index (χ0n) is 18.1. The number of aromatic hydroxyl groups is 2. The Morgan fingerprint density at radius 1 is 1.03 bits per heavy atom. The van der Waals surface area contributed by atoms with Gasteiger partial charge in [-0.2, -0.15) is 10.2 Å². The van der Waals surface area contributed by atoms with Crippen molar-refractivity contribution in [3.05, 3.63) is 76.9 Å². The zero-order chi connectivity index (χ0) is 22.7. The van der Waals surface area contributed by atoms with Gasteiger partial charge in [0.15, 0.2) is 0 Å². The molecule has 0 fully saturated rings.